The monoisotopic (exact) mass is 432 g/mol. The maximum absolute atomic E-state index is 13.0. The van der Waals surface area contributed by atoms with Crippen LogP contribution in [-0.2, 0) is 11.3 Å². The number of pyridine rings is 2. The second-order valence-corrected chi connectivity index (χ2v) is 9.29. The van der Waals surface area contributed by atoms with Gasteiger partial charge in [-0.2, -0.15) is 5.10 Å². The minimum atomic E-state index is 0.238. The van der Waals surface area contributed by atoms with E-state index in [9.17, 15) is 4.79 Å². The molecular weight excluding hydrogens is 400 g/mol. The Hall–Kier alpha value is -2.96. The average molecular weight is 433 g/mol. The van der Waals surface area contributed by atoms with Gasteiger partial charge in [-0.15, -0.1) is 0 Å². The molecule has 0 spiro atoms. The summed E-state index contributed by atoms with van der Waals surface area (Å²) in [5.74, 6) is 1.69. The third kappa shape index (κ3) is 4.47. The number of aromatic nitrogens is 4. The van der Waals surface area contributed by atoms with E-state index in [1.54, 1.807) is 0 Å². The van der Waals surface area contributed by atoms with Crippen LogP contribution in [0.2, 0.25) is 0 Å². The van der Waals surface area contributed by atoms with E-state index < -0.39 is 0 Å². The largest absolute Gasteiger partial charge is 0.362 e. The van der Waals surface area contributed by atoms with E-state index >= 15 is 0 Å². The molecule has 4 heterocycles. The van der Waals surface area contributed by atoms with Gasteiger partial charge in [0.15, 0.2) is 11.5 Å². The first-order valence-electron chi connectivity index (χ1n) is 12.0. The lowest BCUT2D eigenvalue weighted by Crippen LogP contribution is -2.43. The van der Waals surface area contributed by atoms with Crippen molar-refractivity contribution in [3.8, 4) is 0 Å². The summed E-state index contributed by atoms with van der Waals surface area (Å²) in [4.78, 5) is 24.6. The number of hydrogen-bond donors (Lipinski definition) is 2. The molecule has 7 nitrogen and oxygen atoms in total. The molecule has 7 heteroatoms. The summed E-state index contributed by atoms with van der Waals surface area (Å²) in [6, 6.07) is 10.2. The summed E-state index contributed by atoms with van der Waals surface area (Å²) in [7, 11) is 0. The number of fused-ring (bicyclic) bond motifs is 1. The van der Waals surface area contributed by atoms with Gasteiger partial charge in [0, 0.05) is 36.3 Å². The van der Waals surface area contributed by atoms with Crippen molar-refractivity contribution < 1.29 is 4.79 Å². The third-order valence-electron chi connectivity index (χ3n) is 6.93. The Kier molecular flexibility index (Phi) is 6.06. The predicted molar refractivity (Wildman–Crippen MR) is 125 cm³/mol. The van der Waals surface area contributed by atoms with Gasteiger partial charge in [-0.3, -0.25) is 14.9 Å². The molecule has 2 aliphatic rings. The van der Waals surface area contributed by atoms with Crippen LogP contribution in [-0.4, -0.2) is 44.1 Å². The van der Waals surface area contributed by atoms with Crippen molar-refractivity contribution in [2.24, 2.45) is 5.92 Å². The van der Waals surface area contributed by atoms with Gasteiger partial charge in [0.1, 0.15) is 0 Å². The van der Waals surface area contributed by atoms with Gasteiger partial charge in [0.2, 0.25) is 5.91 Å². The van der Waals surface area contributed by atoms with Crippen molar-refractivity contribution in [3.63, 3.8) is 0 Å². The number of carbonyl (C=O) groups is 1. The number of H-pyrrole nitrogens is 1. The van der Waals surface area contributed by atoms with Gasteiger partial charge in [-0.1, -0.05) is 25.3 Å². The number of anilines is 1. The summed E-state index contributed by atoms with van der Waals surface area (Å²) in [6.07, 6.45) is 7.91. The molecule has 0 unspecified atom stereocenters. The molecule has 1 atom stereocenters. The van der Waals surface area contributed by atoms with Crippen molar-refractivity contribution in [2.45, 2.75) is 64.3 Å². The molecule has 3 aromatic heterocycles. The first kappa shape index (κ1) is 20.9. The molecule has 1 aliphatic heterocycles. The quantitative estimate of drug-likeness (QED) is 0.617. The summed E-state index contributed by atoms with van der Waals surface area (Å²) >= 11 is 0. The molecule has 2 N–H and O–H groups in total. The Labute approximate surface area is 189 Å². The van der Waals surface area contributed by atoms with Crippen LogP contribution in [0.3, 0.4) is 0 Å². The molecule has 1 aliphatic carbocycles. The van der Waals surface area contributed by atoms with Gasteiger partial charge in [0.05, 0.1) is 17.6 Å². The van der Waals surface area contributed by atoms with E-state index in [1.165, 1.54) is 19.3 Å². The number of amides is 1. The standard InChI is InChI=1S/C25H32N6O/c1-17-7-5-11-20(27-17)15-26-23-21-12-13-22(28-24(21)30-29-23)19-10-6-14-31(16-19)25(32)18-8-3-2-4-9-18/h5,7,11-13,18-19H,2-4,6,8-10,14-16H2,1H3,(H2,26,28,29,30)/t19-/m0/s1. The zero-order chi connectivity index (χ0) is 21.9. The predicted octanol–water partition coefficient (Wildman–Crippen LogP) is 4.56. The number of hydrogen-bond acceptors (Lipinski definition) is 5. The van der Waals surface area contributed by atoms with Crippen LogP contribution in [0.15, 0.2) is 30.3 Å². The number of carbonyl (C=O) groups excluding carboxylic acids is 1. The van der Waals surface area contributed by atoms with Crippen LogP contribution in [0.25, 0.3) is 11.0 Å². The summed E-state index contributed by atoms with van der Waals surface area (Å²) in [6.45, 7) is 4.28. The molecule has 1 saturated heterocycles. The highest BCUT2D eigenvalue weighted by atomic mass is 16.2. The minimum Gasteiger partial charge on any atom is -0.362 e. The summed E-state index contributed by atoms with van der Waals surface area (Å²) in [5.41, 5.74) is 3.83. The SMILES string of the molecule is Cc1cccc(CNc2n[nH]c3nc([C@H]4CCCN(C(=O)C5CCCCC5)C4)ccc23)n1. The third-order valence-corrected chi connectivity index (χ3v) is 6.93. The van der Waals surface area contributed by atoms with Crippen LogP contribution in [0.5, 0.6) is 0 Å². The van der Waals surface area contributed by atoms with Crippen molar-refractivity contribution >= 4 is 22.8 Å². The second-order valence-electron chi connectivity index (χ2n) is 9.29. The van der Waals surface area contributed by atoms with Crippen LogP contribution >= 0.6 is 0 Å². The van der Waals surface area contributed by atoms with Gasteiger partial charge in [0.25, 0.3) is 0 Å². The van der Waals surface area contributed by atoms with Gasteiger partial charge < -0.3 is 10.2 Å². The summed E-state index contributed by atoms with van der Waals surface area (Å²) in [5, 5.41) is 11.9. The Balaban J connectivity index is 1.27. The molecule has 1 amide bonds. The van der Waals surface area contributed by atoms with Gasteiger partial charge in [-0.25, -0.2) is 4.98 Å². The Morgan fingerprint density at radius 1 is 1.09 bits per heavy atom. The highest BCUT2D eigenvalue weighted by Gasteiger charge is 2.30. The highest BCUT2D eigenvalue weighted by molar-refractivity contribution is 5.87. The van der Waals surface area contributed by atoms with E-state index in [-0.39, 0.29) is 11.8 Å². The molecule has 0 bridgehead atoms. The van der Waals surface area contributed by atoms with Gasteiger partial charge in [-0.05, 0) is 56.9 Å². The smallest absolute Gasteiger partial charge is 0.225 e. The van der Waals surface area contributed by atoms with Crippen molar-refractivity contribution in [3.05, 3.63) is 47.4 Å². The van der Waals surface area contributed by atoms with E-state index in [2.05, 4.69) is 37.5 Å². The Morgan fingerprint density at radius 2 is 1.97 bits per heavy atom. The number of likely N-dealkylation sites (tertiary alicyclic amines) is 1. The lowest BCUT2D eigenvalue weighted by molar-refractivity contribution is -0.137. The zero-order valence-corrected chi connectivity index (χ0v) is 18.8. The van der Waals surface area contributed by atoms with Crippen molar-refractivity contribution in [1.29, 1.82) is 0 Å². The number of nitrogens with zero attached hydrogens (tertiary/aromatic N) is 4. The van der Waals surface area contributed by atoms with E-state index in [4.69, 9.17) is 4.98 Å². The normalized spacial score (nSPS) is 19.9. The molecule has 1 saturated carbocycles. The lowest BCUT2D eigenvalue weighted by atomic mass is 9.86. The Morgan fingerprint density at radius 3 is 2.81 bits per heavy atom. The first-order chi connectivity index (χ1) is 15.7. The molecule has 3 aromatic rings. The fourth-order valence-corrected chi connectivity index (χ4v) is 5.18. The maximum atomic E-state index is 13.0. The van der Waals surface area contributed by atoms with E-state index in [0.29, 0.717) is 12.5 Å². The van der Waals surface area contributed by atoms with E-state index in [0.717, 1.165) is 72.7 Å². The number of aromatic amines is 1. The molecule has 32 heavy (non-hydrogen) atoms. The van der Waals surface area contributed by atoms with Crippen LogP contribution in [0.4, 0.5) is 5.82 Å². The molecule has 5 rings (SSSR count). The molecule has 2 fully saturated rings. The topological polar surface area (TPSA) is 86.8 Å². The molecule has 168 valence electrons. The van der Waals surface area contributed by atoms with E-state index in [1.807, 2.05) is 25.1 Å². The lowest BCUT2D eigenvalue weighted by Gasteiger charge is -2.35. The average Bonchev–Trinajstić information content (AvgIpc) is 3.25. The highest BCUT2D eigenvalue weighted by Crippen LogP contribution is 2.31. The second kappa shape index (κ2) is 9.27. The van der Waals surface area contributed by atoms with Gasteiger partial charge >= 0.3 is 0 Å². The molecular formula is C25H32N6O. The first-order valence-corrected chi connectivity index (χ1v) is 12.0. The van der Waals surface area contributed by atoms with Crippen molar-refractivity contribution in [2.75, 3.05) is 18.4 Å². The number of aryl methyl sites for hydroxylation is 1. The Bertz CT molecular complexity index is 1090. The van der Waals surface area contributed by atoms with Crippen molar-refractivity contribution in [1.82, 2.24) is 25.1 Å². The maximum Gasteiger partial charge on any atom is 0.225 e. The summed E-state index contributed by atoms with van der Waals surface area (Å²) < 4.78 is 0. The number of nitrogens with one attached hydrogen (secondary N) is 2. The number of piperidine rings is 1. The van der Waals surface area contributed by atoms with Crippen LogP contribution < -0.4 is 5.32 Å². The molecule has 0 aromatic carbocycles. The van der Waals surface area contributed by atoms with Crippen LogP contribution in [0.1, 0.15) is 67.9 Å². The van der Waals surface area contributed by atoms with Crippen LogP contribution in [0, 0.1) is 12.8 Å². The minimum absolute atomic E-state index is 0.238. The molecule has 0 radical (unpaired) electrons. The fourth-order valence-electron chi connectivity index (χ4n) is 5.18. The number of rotatable bonds is 5. The zero-order valence-electron chi connectivity index (χ0n) is 18.8. The fraction of sp³-hybridized carbons (Fsp3) is 0.520.